The summed E-state index contributed by atoms with van der Waals surface area (Å²) in [4.78, 5) is 4.35. The summed E-state index contributed by atoms with van der Waals surface area (Å²) in [5.41, 5.74) is 8.59. The molecule has 0 amide bonds. The molecule has 0 bridgehead atoms. The van der Waals surface area contributed by atoms with Crippen molar-refractivity contribution in [3.8, 4) is 5.75 Å². The minimum Gasteiger partial charge on any atom is -0.491 e. The van der Waals surface area contributed by atoms with Gasteiger partial charge in [-0.1, -0.05) is 0 Å². The third kappa shape index (κ3) is 2.45. The number of hydrogen-bond donors (Lipinski definition) is 1. The van der Waals surface area contributed by atoms with Gasteiger partial charge in [-0.25, -0.2) is 0 Å². The molecule has 0 saturated carbocycles. The van der Waals surface area contributed by atoms with Gasteiger partial charge in [-0.3, -0.25) is 4.98 Å². The zero-order chi connectivity index (χ0) is 10.7. The predicted octanol–water partition coefficient (Wildman–Crippen LogP) is 1.94. The Labute approximate surface area is 85.3 Å². The van der Waals surface area contributed by atoms with Crippen LogP contribution in [0.1, 0.15) is 30.8 Å². The molecule has 1 rings (SSSR count). The molecule has 0 spiro atoms. The fourth-order valence-corrected chi connectivity index (χ4v) is 1.43. The molecular formula is C11H18N2O. The molecule has 1 aromatic rings. The van der Waals surface area contributed by atoms with Gasteiger partial charge >= 0.3 is 0 Å². The molecule has 0 unspecified atom stereocenters. The van der Waals surface area contributed by atoms with Crippen LogP contribution in [-0.2, 0) is 6.54 Å². The molecule has 1 heterocycles. The summed E-state index contributed by atoms with van der Waals surface area (Å²) < 4.78 is 5.68. The first-order valence-corrected chi connectivity index (χ1v) is 4.88. The molecule has 3 nitrogen and oxygen atoms in total. The first-order valence-electron chi connectivity index (χ1n) is 4.88. The van der Waals surface area contributed by atoms with Crippen molar-refractivity contribution < 1.29 is 4.74 Å². The first kappa shape index (κ1) is 11.0. The van der Waals surface area contributed by atoms with Crippen molar-refractivity contribution in [2.45, 2.75) is 40.3 Å². The van der Waals surface area contributed by atoms with E-state index in [4.69, 9.17) is 10.5 Å². The number of ether oxygens (including phenoxy) is 1. The molecule has 0 saturated heterocycles. The predicted molar refractivity (Wildman–Crippen MR) is 57.4 cm³/mol. The molecule has 78 valence electrons. The molecular weight excluding hydrogens is 176 g/mol. The third-order valence-corrected chi connectivity index (χ3v) is 1.98. The summed E-state index contributed by atoms with van der Waals surface area (Å²) in [7, 11) is 0. The standard InChI is InChI=1S/C11H18N2O/c1-7(2)14-11-5-8(3)13-9(4)10(11)6-12/h5,7H,6,12H2,1-4H3. The lowest BCUT2D eigenvalue weighted by molar-refractivity contribution is 0.239. The molecule has 2 N–H and O–H groups in total. The molecule has 0 aliphatic rings. The molecule has 1 aromatic heterocycles. The van der Waals surface area contributed by atoms with Gasteiger partial charge in [0.1, 0.15) is 5.75 Å². The van der Waals surface area contributed by atoms with Crippen LogP contribution in [0.3, 0.4) is 0 Å². The van der Waals surface area contributed by atoms with Gasteiger partial charge in [0.2, 0.25) is 0 Å². The van der Waals surface area contributed by atoms with E-state index >= 15 is 0 Å². The maximum Gasteiger partial charge on any atom is 0.127 e. The minimum absolute atomic E-state index is 0.168. The van der Waals surface area contributed by atoms with Crippen molar-refractivity contribution in [3.05, 3.63) is 23.0 Å². The smallest absolute Gasteiger partial charge is 0.127 e. The third-order valence-electron chi connectivity index (χ3n) is 1.98. The average molecular weight is 194 g/mol. The minimum atomic E-state index is 0.168. The van der Waals surface area contributed by atoms with Crippen molar-refractivity contribution >= 4 is 0 Å². The topological polar surface area (TPSA) is 48.1 Å². The van der Waals surface area contributed by atoms with Gasteiger partial charge in [0.15, 0.2) is 0 Å². The van der Waals surface area contributed by atoms with Gasteiger partial charge in [-0.15, -0.1) is 0 Å². The molecule has 3 heteroatoms. The van der Waals surface area contributed by atoms with E-state index in [0.29, 0.717) is 6.54 Å². The summed E-state index contributed by atoms with van der Waals surface area (Å²) in [6, 6.07) is 1.94. The molecule has 0 radical (unpaired) electrons. The highest BCUT2D eigenvalue weighted by Gasteiger charge is 2.09. The Kier molecular flexibility index (Phi) is 3.47. The second kappa shape index (κ2) is 4.42. The van der Waals surface area contributed by atoms with Crippen LogP contribution < -0.4 is 10.5 Å². The van der Waals surface area contributed by atoms with Crippen molar-refractivity contribution in [2.75, 3.05) is 0 Å². The second-order valence-corrected chi connectivity index (χ2v) is 3.70. The number of nitrogens with zero attached hydrogens (tertiary/aromatic N) is 1. The van der Waals surface area contributed by atoms with E-state index in [2.05, 4.69) is 4.98 Å². The molecule has 0 aromatic carbocycles. The number of hydrogen-bond acceptors (Lipinski definition) is 3. The quantitative estimate of drug-likeness (QED) is 0.800. The Bertz CT molecular complexity index is 321. The molecule has 0 aliphatic heterocycles. The number of nitrogens with two attached hydrogens (primary N) is 1. The Morgan fingerprint density at radius 3 is 2.57 bits per heavy atom. The fourth-order valence-electron chi connectivity index (χ4n) is 1.43. The highest BCUT2D eigenvalue weighted by Crippen LogP contribution is 2.22. The van der Waals surface area contributed by atoms with Crippen LogP contribution in [0.5, 0.6) is 5.75 Å². The summed E-state index contributed by atoms with van der Waals surface area (Å²) in [6.07, 6.45) is 0.168. The first-order chi connectivity index (χ1) is 6.54. The lowest BCUT2D eigenvalue weighted by Crippen LogP contribution is -2.11. The zero-order valence-corrected chi connectivity index (χ0v) is 9.29. The summed E-state index contributed by atoms with van der Waals surface area (Å²) in [5.74, 6) is 0.868. The van der Waals surface area contributed by atoms with Gasteiger partial charge in [0, 0.05) is 29.6 Å². The lowest BCUT2D eigenvalue weighted by Gasteiger charge is -2.15. The average Bonchev–Trinajstić information content (AvgIpc) is 2.01. The van der Waals surface area contributed by atoms with Gasteiger partial charge in [-0.05, 0) is 27.7 Å². The van der Waals surface area contributed by atoms with Crippen LogP contribution in [0, 0.1) is 13.8 Å². The fraction of sp³-hybridized carbons (Fsp3) is 0.545. The number of pyridine rings is 1. The summed E-state index contributed by atoms with van der Waals surface area (Å²) in [5, 5.41) is 0. The van der Waals surface area contributed by atoms with Gasteiger partial charge in [-0.2, -0.15) is 0 Å². The van der Waals surface area contributed by atoms with E-state index in [1.807, 2.05) is 33.8 Å². The van der Waals surface area contributed by atoms with Crippen LogP contribution in [0.2, 0.25) is 0 Å². The molecule has 0 aliphatic carbocycles. The lowest BCUT2D eigenvalue weighted by atomic mass is 10.1. The Morgan fingerprint density at radius 2 is 2.07 bits per heavy atom. The summed E-state index contributed by atoms with van der Waals surface area (Å²) >= 11 is 0. The molecule has 0 fully saturated rings. The van der Waals surface area contributed by atoms with E-state index in [9.17, 15) is 0 Å². The van der Waals surface area contributed by atoms with E-state index < -0.39 is 0 Å². The second-order valence-electron chi connectivity index (χ2n) is 3.70. The Balaban J connectivity index is 3.11. The van der Waals surface area contributed by atoms with Crippen LogP contribution in [0.4, 0.5) is 0 Å². The number of aromatic nitrogens is 1. The van der Waals surface area contributed by atoms with E-state index in [-0.39, 0.29) is 6.10 Å². The largest absolute Gasteiger partial charge is 0.491 e. The normalized spacial score (nSPS) is 10.7. The SMILES string of the molecule is Cc1cc(OC(C)C)c(CN)c(C)n1. The van der Waals surface area contributed by atoms with Crippen LogP contribution in [0.15, 0.2) is 6.07 Å². The monoisotopic (exact) mass is 194 g/mol. The maximum atomic E-state index is 5.68. The van der Waals surface area contributed by atoms with E-state index in [0.717, 1.165) is 22.7 Å². The van der Waals surface area contributed by atoms with Crippen molar-refractivity contribution in [1.82, 2.24) is 4.98 Å². The highest BCUT2D eigenvalue weighted by atomic mass is 16.5. The van der Waals surface area contributed by atoms with Crippen LogP contribution >= 0.6 is 0 Å². The van der Waals surface area contributed by atoms with Crippen molar-refractivity contribution in [3.63, 3.8) is 0 Å². The molecule has 14 heavy (non-hydrogen) atoms. The van der Waals surface area contributed by atoms with Crippen LogP contribution in [0.25, 0.3) is 0 Å². The maximum absolute atomic E-state index is 5.68. The van der Waals surface area contributed by atoms with Gasteiger partial charge in [0.25, 0.3) is 0 Å². The Hall–Kier alpha value is -1.09. The van der Waals surface area contributed by atoms with E-state index in [1.165, 1.54) is 0 Å². The highest BCUT2D eigenvalue weighted by molar-refractivity contribution is 5.37. The summed E-state index contributed by atoms with van der Waals surface area (Å²) in [6.45, 7) is 8.40. The van der Waals surface area contributed by atoms with Gasteiger partial charge < -0.3 is 10.5 Å². The number of rotatable bonds is 3. The van der Waals surface area contributed by atoms with Crippen LogP contribution in [-0.4, -0.2) is 11.1 Å². The number of aryl methyl sites for hydroxylation is 2. The zero-order valence-electron chi connectivity index (χ0n) is 9.29. The van der Waals surface area contributed by atoms with Gasteiger partial charge in [0.05, 0.1) is 6.10 Å². The van der Waals surface area contributed by atoms with Crippen molar-refractivity contribution in [1.29, 1.82) is 0 Å². The van der Waals surface area contributed by atoms with E-state index in [1.54, 1.807) is 0 Å². The molecule has 0 atom stereocenters. The van der Waals surface area contributed by atoms with Crippen molar-refractivity contribution in [2.24, 2.45) is 5.73 Å². The Morgan fingerprint density at radius 1 is 1.43 bits per heavy atom.